The molecule has 0 fully saturated rings. The van der Waals surface area contributed by atoms with Gasteiger partial charge in [0, 0.05) is 49.7 Å². The van der Waals surface area contributed by atoms with Crippen molar-refractivity contribution in [1.29, 1.82) is 0 Å². The molecule has 0 saturated heterocycles. The highest BCUT2D eigenvalue weighted by molar-refractivity contribution is 7.11. The average Bonchev–Trinajstić information content (AvgIpc) is 3.08. The van der Waals surface area contributed by atoms with Crippen LogP contribution in [0.15, 0.2) is 29.4 Å². The molecular weight excluding hydrogens is 349 g/mol. The third kappa shape index (κ3) is 6.38. The smallest absolute Gasteiger partial charge is 0.191 e. The van der Waals surface area contributed by atoms with Crippen molar-refractivity contribution in [1.82, 2.24) is 20.5 Å². The molecule has 0 spiro atoms. The second-order valence-electron chi connectivity index (χ2n) is 6.34. The topological polar surface area (TPSA) is 52.6 Å². The van der Waals surface area contributed by atoms with Crippen molar-refractivity contribution in [3.8, 4) is 0 Å². The quantitative estimate of drug-likeness (QED) is 0.549. The highest BCUT2D eigenvalue weighted by Gasteiger charge is 2.06. The Morgan fingerprint density at radius 1 is 1.31 bits per heavy atom. The van der Waals surface area contributed by atoms with Crippen molar-refractivity contribution < 1.29 is 4.39 Å². The summed E-state index contributed by atoms with van der Waals surface area (Å²) in [5.41, 5.74) is 1.73. The Balaban J connectivity index is 1.82. The number of nitrogens with zero attached hydrogens (tertiary/aromatic N) is 3. The Labute approximate surface area is 159 Å². The molecule has 26 heavy (non-hydrogen) atoms. The summed E-state index contributed by atoms with van der Waals surface area (Å²) >= 11 is 1.76. The van der Waals surface area contributed by atoms with Gasteiger partial charge in [-0.25, -0.2) is 9.37 Å². The van der Waals surface area contributed by atoms with Crippen LogP contribution in [-0.2, 0) is 25.9 Å². The summed E-state index contributed by atoms with van der Waals surface area (Å²) in [5.74, 6) is 0.565. The lowest BCUT2D eigenvalue weighted by atomic mass is 10.1. The summed E-state index contributed by atoms with van der Waals surface area (Å²) in [6, 6.07) is 5.23. The van der Waals surface area contributed by atoms with Crippen LogP contribution in [0.5, 0.6) is 0 Å². The van der Waals surface area contributed by atoms with Crippen LogP contribution >= 0.6 is 11.3 Å². The van der Waals surface area contributed by atoms with E-state index < -0.39 is 0 Å². The minimum absolute atomic E-state index is 0.167. The van der Waals surface area contributed by atoms with Gasteiger partial charge in [0.15, 0.2) is 5.96 Å². The van der Waals surface area contributed by atoms with Crippen LogP contribution in [-0.4, -0.2) is 43.5 Å². The first-order valence-corrected chi connectivity index (χ1v) is 9.63. The highest BCUT2D eigenvalue weighted by Crippen LogP contribution is 2.13. The second-order valence-corrected chi connectivity index (χ2v) is 7.54. The number of benzene rings is 1. The summed E-state index contributed by atoms with van der Waals surface area (Å²) in [6.07, 6.45) is 3.85. The zero-order valence-corrected chi connectivity index (χ0v) is 16.8. The number of rotatable bonds is 8. The average molecular weight is 378 g/mol. The zero-order valence-electron chi connectivity index (χ0n) is 16.0. The zero-order chi connectivity index (χ0) is 18.9. The molecule has 0 amide bonds. The van der Waals surface area contributed by atoms with Gasteiger partial charge < -0.3 is 15.5 Å². The van der Waals surface area contributed by atoms with Crippen LogP contribution in [0.25, 0.3) is 0 Å². The van der Waals surface area contributed by atoms with Crippen molar-refractivity contribution >= 4 is 17.3 Å². The van der Waals surface area contributed by atoms with Crippen molar-refractivity contribution in [3.05, 3.63) is 51.2 Å². The van der Waals surface area contributed by atoms with Gasteiger partial charge in [0.2, 0.25) is 0 Å². The van der Waals surface area contributed by atoms with E-state index in [9.17, 15) is 4.39 Å². The number of guanidine groups is 1. The lowest BCUT2D eigenvalue weighted by molar-refractivity contribution is 0.392. The van der Waals surface area contributed by atoms with E-state index in [-0.39, 0.29) is 5.82 Å². The predicted octanol–water partition coefficient (Wildman–Crippen LogP) is 2.81. The molecule has 0 unspecified atom stereocenters. The van der Waals surface area contributed by atoms with Gasteiger partial charge in [-0.15, -0.1) is 11.3 Å². The maximum absolute atomic E-state index is 13.9. The lowest BCUT2D eigenvalue weighted by Crippen LogP contribution is -2.37. The van der Waals surface area contributed by atoms with E-state index >= 15 is 0 Å². The molecule has 1 heterocycles. The Morgan fingerprint density at radius 3 is 2.77 bits per heavy atom. The fourth-order valence-electron chi connectivity index (χ4n) is 2.52. The third-order valence-corrected chi connectivity index (χ3v) is 5.06. The molecule has 0 bridgehead atoms. The SMILES string of the molecule is CCc1cnc(CCNC(=NC)NCc2ccc(F)c(CN(C)C)c2)s1. The van der Waals surface area contributed by atoms with E-state index in [1.807, 2.05) is 31.3 Å². The molecule has 2 rings (SSSR count). The van der Waals surface area contributed by atoms with Gasteiger partial charge in [-0.1, -0.05) is 13.0 Å². The fourth-order valence-corrected chi connectivity index (χ4v) is 3.38. The number of halogens is 1. The van der Waals surface area contributed by atoms with E-state index in [1.54, 1.807) is 24.5 Å². The summed E-state index contributed by atoms with van der Waals surface area (Å²) < 4.78 is 13.9. The molecule has 1 aromatic carbocycles. The first-order chi connectivity index (χ1) is 12.5. The Bertz CT molecular complexity index is 726. The molecule has 0 aliphatic rings. The molecule has 0 aliphatic carbocycles. The molecule has 2 aromatic rings. The minimum Gasteiger partial charge on any atom is -0.356 e. The molecule has 2 N–H and O–H groups in total. The van der Waals surface area contributed by atoms with Crippen molar-refractivity contribution in [2.75, 3.05) is 27.7 Å². The monoisotopic (exact) mass is 377 g/mol. The van der Waals surface area contributed by atoms with Gasteiger partial charge in [-0.05, 0) is 38.2 Å². The standard InChI is InChI=1S/C19H28FN5S/c1-5-16-12-23-18(26-16)8-9-22-19(21-2)24-11-14-6-7-17(20)15(10-14)13-25(3)4/h6-7,10,12H,5,8-9,11,13H2,1-4H3,(H2,21,22,24). The highest BCUT2D eigenvalue weighted by atomic mass is 32.1. The van der Waals surface area contributed by atoms with E-state index in [2.05, 4.69) is 27.5 Å². The number of nitrogens with one attached hydrogen (secondary N) is 2. The van der Waals surface area contributed by atoms with Gasteiger partial charge in [-0.3, -0.25) is 4.99 Å². The number of aryl methyl sites for hydroxylation is 1. The molecule has 1 aromatic heterocycles. The maximum atomic E-state index is 13.9. The summed E-state index contributed by atoms with van der Waals surface area (Å²) in [4.78, 5) is 11.9. The molecule has 5 nitrogen and oxygen atoms in total. The van der Waals surface area contributed by atoms with Gasteiger partial charge in [0.25, 0.3) is 0 Å². The van der Waals surface area contributed by atoms with E-state index in [1.165, 1.54) is 10.9 Å². The molecular formula is C19H28FN5S. The largest absolute Gasteiger partial charge is 0.356 e. The molecule has 0 radical (unpaired) electrons. The summed E-state index contributed by atoms with van der Waals surface area (Å²) in [7, 11) is 5.61. The van der Waals surface area contributed by atoms with Gasteiger partial charge in [0.1, 0.15) is 5.82 Å². The van der Waals surface area contributed by atoms with Crippen molar-refractivity contribution in [2.24, 2.45) is 4.99 Å². The van der Waals surface area contributed by atoms with Crippen molar-refractivity contribution in [2.45, 2.75) is 32.9 Å². The fraction of sp³-hybridized carbons (Fsp3) is 0.474. The first kappa shape index (κ1) is 20.3. The molecule has 0 atom stereocenters. The van der Waals surface area contributed by atoms with Crippen LogP contribution in [0, 0.1) is 5.82 Å². The number of thiazole rings is 1. The van der Waals surface area contributed by atoms with E-state index in [4.69, 9.17) is 0 Å². The summed E-state index contributed by atoms with van der Waals surface area (Å²) in [6.45, 7) is 4.09. The number of aromatic nitrogens is 1. The Hall–Kier alpha value is -1.99. The molecule has 0 aliphatic heterocycles. The van der Waals surface area contributed by atoms with Crippen LogP contribution in [0.2, 0.25) is 0 Å². The van der Waals surface area contributed by atoms with Crippen LogP contribution in [0.4, 0.5) is 4.39 Å². The van der Waals surface area contributed by atoms with Gasteiger partial charge >= 0.3 is 0 Å². The van der Waals surface area contributed by atoms with Crippen LogP contribution < -0.4 is 10.6 Å². The predicted molar refractivity (Wildman–Crippen MR) is 107 cm³/mol. The number of hydrogen-bond donors (Lipinski definition) is 2. The summed E-state index contributed by atoms with van der Waals surface area (Å²) in [5, 5.41) is 7.71. The minimum atomic E-state index is -0.167. The molecule has 7 heteroatoms. The van der Waals surface area contributed by atoms with E-state index in [0.717, 1.165) is 35.9 Å². The maximum Gasteiger partial charge on any atom is 0.191 e. The number of hydrogen-bond acceptors (Lipinski definition) is 4. The Morgan fingerprint density at radius 2 is 2.12 bits per heavy atom. The first-order valence-electron chi connectivity index (χ1n) is 8.82. The third-order valence-electron chi connectivity index (χ3n) is 3.86. The lowest BCUT2D eigenvalue weighted by Gasteiger charge is -2.14. The second kappa shape index (κ2) is 10.2. The van der Waals surface area contributed by atoms with Gasteiger partial charge in [-0.2, -0.15) is 0 Å². The van der Waals surface area contributed by atoms with E-state index in [0.29, 0.717) is 18.7 Å². The molecule has 142 valence electrons. The van der Waals surface area contributed by atoms with Crippen molar-refractivity contribution in [3.63, 3.8) is 0 Å². The molecule has 0 saturated carbocycles. The van der Waals surface area contributed by atoms with Crippen LogP contribution in [0.1, 0.15) is 27.9 Å². The normalized spacial score (nSPS) is 11.8. The Kier molecular flexibility index (Phi) is 8.00. The van der Waals surface area contributed by atoms with Gasteiger partial charge in [0.05, 0.1) is 5.01 Å². The number of aliphatic imine (C=N–C) groups is 1. The van der Waals surface area contributed by atoms with Crippen LogP contribution in [0.3, 0.4) is 0 Å².